The fourth-order valence-electron chi connectivity index (χ4n) is 1.64. The summed E-state index contributed by atoms with van der Waals surface area (Å²) in [5.74, 6) is -3.50. The molecule has 0 aliphatic heterocycles. The number of hydrogen-bond acceptors (Lipinski definition) is 3. The molecule has 0 atom stereocenters. The smallest absolute Gasteiger partial charge is 0.194 e. The number of halogens is 3. The minimum atomic E-state index is -1.49. The minimum Gasteiger partial charge on any atom is -0.310 e. The van der Waals surface area contributed by atoms with Crippen LogP contribution in [0.15, 0.2) is 18.5 Å². The molecule has 7 heteroatoms. The fourth-order valence-corrected chi connectivity index (χ4v) is 1.64. The first-order valence-corrected chi connectivity index (χ1v) is 5.88. The Hall–Kier alpha value is -1.89. The average molecular weight is 270 g/mol. The Labute approximate surface area is 108 Å². The van der Waals surface area contributed by atoms with E-state index in [0.29, 0.717) is 12.4 Å². The van der Waals surface area contributed by atoms with Crippen LogP contribution in [0.25, 0.3) is 5.69 Å². The molecule has 0 bridgehead atoms. The summed E-state index contributed by atoms with van der Waals surface area (Å²) >= 11 is 0. The van der Waals surface area contributed by atoms with E-state index in [2.05, 4.69) is 15.4 Å². The van der Waals surface area contributed by atoms with E-state index >= 15 is 0 Å². The second-order valence-corrected chi connectivity index (χ2v) is 3.99. The molecule has 0 spiro atoms. The highest BCUT2D eigenvalue weighted by Gasteiger charge is 2.14. The maximum Gasteiger partial charge on any atom is 0.194 e. The number of hydrogen-bond donors (Lipinski definition) is 1. The van der Waals surface area contributed by atoms with Gasteiger partial charge in [-0.15, -0.1) is 0 Å². The molecule has 1 heterocycles. The van der Waals surface area contributed by atoms with Crippen LogP contribution in [0.4, 0.5) is 13.2 Å². The maximum absolute atomic E-state index is 13.2. The molecule has 1 N–H and O–H groups in total. The Morgan fingerprint density at radius 2 is 1.89 bits per heavy atom. The van der Waals surface area contributed by atoms with E-state index in [1.807, 2.05) is 6.92 Å². The van der Waals surface area contributed by atoms with Crippen LogP contribution in [0.1, 0.15) is 19.2 Å². The van der Waals surface area contributed by atoms with Gasteiger partial charge in [-0.3, -0.25) is 0 Å². The predicted molar refractivity (Wildman–Crippen MR) is 63.2 cm³/mol. The Balaban J connectivity index is 2.29. The van der Waals surface area contributed by atoms with Crippen LogP contribution in [0, 0.1) is 17.5 Å². The second-order valence-electron chi connectivity index (χ2n) is 3.99. The summed E-state index contributed by atoms with van der Waals surface area (Å²) in [6.07, 6.45) is 2.23. The van der Waals surface area contributed by atoms with Crippen molar-refractivity contribution in [3.8, 4) is 5.69 Å². The number of nitrogens with one attached hydrogen (secondary N) is 1. The third-order valence-electron chi connectivity index (χ3n) is 2.54. The van der Waals surface area contributed by atoms with Crippen molar-refractivity contribution in [3.05, 3.63) is 41.7 Å². The molecule has 0 saturated heterocycles. The molecule has 2 aromatic rings. The highest BCUT2D eigenvalue weighted by Crippen LogP contribution is 2.17. The van der Waals surface area contributed by atoms with Gasteiger partial charge in [-0.25, -0.2) is 22.8 Å². The van der Waals surface area contributed by atoms with Crippen molar-refractivity contribution in [3.63, 3.8) is 0 Å². The summed E-state index contributed by atoms with van der Waals surface area (Å²) in [4.78, 5) is 4.00. The van der Waals surface area contributed by atoms with Gasteiger partial charge < -0.3 is 5.32 Å². The van der Waals surface area contributed by atoms with Crippen molar-refractivity contribution >= 4 is 0 Å². The van der Waals surface area contributed by atoms with Crippen molar-refractivity contribution in [2.75, 3.05) is 6.54 Å². The molecule has 0 unspecified atom stereocenters. The highest BCUT2D eigenvalue weighted by atomic mass is 19.2. The van der Waals surface area contributed by atoms with Crippen molar-refractivity contribution < 1.29 is 13.2 Å². The lowest BCUT2D eigenvalue weighted by Gasteiger charge is -2.07. The Morgan fingerprint density at radius 3 is 2.53 bits per heavy atom. The van der Waals surface area contributed by atoms with Crippen LogP contribution in [0.5, 0.6) is 0 Å². The summed E-state index contributed by atoms with van der Waals surface area (Å²) < 4.78 is 40.5. The van der Waals surface area contributed by atoms with Gasteiger partial charge in [0.15, 0.2) is 17.5 Å². The average Bonchev–Trinajstić information content (AvgIpc) is 2.84. The SMILES string of the molecule is CCCNCc1ncnn1-c1cc(F)c(F)c(F)c1. The summed E-state index contributed by atoms with van der Waals surface area (Å²) in [7, 11) is 0. The molecule has 102 valence electrons. The topological polar surface area (TPSA) is 42.7 Å². The summed E-state index contributed by atoms with van der Waals surface area (Å²) in [5, 5.41) is 6.99. The molecule has 0 fully saturated rings. The lowest BCUT2D eigenvalue weighted by Crippen LogP contribution is -2.17. The third-order valence-corrected chi connectivity index (χ3v) is 2.54. The van der Waals surface area contributed by atoms with Crippen LogP contribution in [0.2, 0.25) is 0 Å². The summed E-state index contributed by atoms with van der Waals surface area (Å²) in [6, 6.07) is 1.77. The molecule has 4 nitrogen and oxygen atoms in total. The molecule has 2 rings (SSSR count). The van der Waals surface area contributed by atoms with E-state index in [9.17, 15) is 13.2 Å². The van der Waals surface area contributed by atoms with Gasteiger partial charge in [-0.2, -0.15) is 5.10 Å². The van der Waals surface area contributed by atoms with Crippen LogP contribution in [0.3, 0.4) is 0 Å². The monoisotopic (exact) mass is 270 g/mol. The molecular weight excluding hydrogens is 257 g/mol. The van der Waals surface area contributed by atoms with E-state index in [1.165, 1.54) is 11.0 Å². The van der Waals surface area contributed by atoms with Crippen LogP contribution in [-0.4, -0.2) is 21.3 Å². The quantitative estimate of drug-likeness (QED) is 0.669. The predicted octanol–water partition coefficient (Wildman–Crippen LogP) is 2.18. The van der Waals surface area contributed by atoms with Gasteiger partial charge in [0, 0.05) is 12.1 Å². The number of benzene rings is 1. The number of nitrogens with zero attached hydrogens (tertiary/aromatic N) is 3. The largest absolute Gasteiger partial charge is 0.310 e. The summed E-state index contributed by atoms with van der Waals surface area (Å²) in [5.41, 5.74) is 0.0993. The molecule has 0 saturated carbocycles. The Morgan fingerprint density at radius 1 is 1.21 bits per heavy atom. The molecule has 0 amide bonds. The van der Waals surface area contributed by atoms with Crippen LogP contribution >= 0.6 is 0 Å². The molecule has 1 aromatic carbocycles. The van der Waals surface area contributed by atoms with Gasteiger partial charge in [0.25, 0.3) is 0 Å². The van der Waals surface area contributed by atoms with Gasteiger partial charge >= 0.3 is 0 Å². The van der Waals surface area contributed by atoms with Gasteiger partial charge in [0.1, 0.15) is 12.2 Å². The lowest BCUT2D eigenvalue weighted by atomic mass is 10.3. The van der Waals surface area contributed by atoms with E-state index in [4.69, 9.17) is 0 Å². The van der Waals surface area contributed by atoms with E-state index in [0.717, 1.165) is 25.1 Å². The molecular formula is C12H13F3N4. The van der Waals surface area contributed by atoms with E-state index < -0.39 is 17.5 Å². The Bertz CT molecular complexity index is 545. The summed E-state index contributed by atoms with van der Waals surface area (Å²) in [6.45, 7) is 3.22. The fraction of sp³-hybridized carbons (Fsp3) is 0.333. The van der Waals surface area contributed by atoms with Gasteiger partial charge in [-0.05, 0) is 13.0 Å². The van der Waals surface area contributed by atoms with Gasteiger partial charge in [-0.1, -0.05) is 6.92 Å². The zero-order valence-corrected chi connectivity index (χ0v) is 10.3. The number of rotatable bonds is 5. The molecule has 0 aliphatic rings. The molecule has 19 heavy (non-hydrogen) atoms. The first-order valence-electron chi connectivity index (χ1n) is 5.88. The first kappa shape index (κ1) is 13.5. The first-order chi connectivity index (χ1) is 9.13. The zero-order valence-electron chi connectivity index (χ0n) is 10.3. The molecule has 1 aromatic heterocycles. The highest BCUT2D eigenvalue weighted by molar-refractivity contribution is 5.33. The minimum absolute atomic E-state index is 0.0993. The zero-order chi connectivity index (χ0) is 13.8. The molecule has 0 aliphatic carbocycles. The third kappa shape index (κ3) is 2.93. The standard InChI is InChI=1S/C12H13F3N4/c1-2-3-16-6-11-17-7-18-19(11)8-4-9(13)12(15)10(14)5-8/h4-5,7,16H,2-3,6H2,1H3. The molecule has 0 radical (unpaired) electrons. The van der Waals surface area contributed by atoms with Crippen molar-refractivity contribution in [1.29, 1.82) is 0 Å². The second kappa shape index (κ2) is 5.83. The van der Waals surface area contributed by atoms with Crippen LogP contribution in [-0.2, 0) is 6.54 Å². The normalized spacial score (nSPS) is 10.9. The van der Waals surface area contributed by atoms with Crippen molar-refractivity contribution in [1.82, 2.24) is 20.1 Å². The van der Waals surface area contributed by atoms with Crippen molar-refractivity contribution in [2.45, 2.75) is 19.9 Å². The van der Waals surface area contributed by atoms with Gasteiger partial charge in [0.2, 0.25) is 0 Å². The Kier molecular flexibility index (Phi) is 4.16. The van der Waals surface area contributed by atoms with Crippen LogP contribution < -0.4 is 5.32 Å². The van der Waals surface area contributed by atoms with E-state index in [-0.39, 0.29) is 5.69 Å². The van der Waals surface area contributed by atoms with Gasteiger partial charge in [0.05, 0.1) is 12.2 Å². The van der Waals surface area contributed by atoms with E-state index in [1.54, 1.807) is 0 Å². The number of aromatic nitrogens is 3. The lowest BCUT2D eigenvalue weighted by molar-refractivity contribution is 0.445. The maximum atomic E-state index is 13.2. The van der Waals surface area contributed by atoms with Crippen molar-refractivity contribution in [2.24, 2.45) is 0 Å².